The maximum atomic E-state index is 11.0. The van der Waals surface area contributed by atoms with Crippen molar-refractivity contribution in [2.75, 3.05) is 13.1 Å². The van der Waals surface area contributed by atoms with Crippen LogP contribution < -0.4 is 5.73 Å². The first-order valence-electron chi connectivity index (χ1n) is 4.20. The van der Waals surface area contributed by atoms with E-state index >= 15 is 0 Å². The molecular formula is C8H15N3O. The van der Waals surface area contributed by atoms with Gasteiger partial charge in [-0.05, 0) is 19.8 Å². The molecule has 0 bridgehead atoms. The van der Waals surface area contributed by atoms with Crippen LogP contribution in [0.4, 0.5) is 0 Å². The highest BCUT2D eigenvalue weighted by molar-refractivity contribution is 5.79. The van der Waals surface area contributed by atoms with Crippen molar-refractivity contribution >= 4 is 11.7 Å². The average molecular weight is 169 g/mol. The number of carbonyl (C=O) groups is 1. The molecule has 0 unspecified atom stereocenters. The molecule has 1 rings (SSSR count). The fourth-order valence-electron chi connectivity index (χ4n) is 1.53. The molecule has 0 aromatic carbocycles. The van der Waals surface area contributed by atoms with E-state index in [1.54, 1.807) is 11.8 Å². The molecule has 1 fully saturated rings. The van der Waals surface area contributed by atoms with Gasteiger partial charge >= 0.3 is 0 Å². The molecular weight excluding hydrogens is 154 g/mol. The quantitative estimate of drug-likeness (QED) is 0.434. The first-order chi connectivity index (χ1) is 5.61. The Hall–Kier alpha value is -1.06. The van der Waals surface area contributed by atoms with Crippen molar-refractivity contribution in [3.8, 4) is 0 Å². The van der Waals surface area contributed by atoms with Crippen LogP contribution in [0, 0.1) is 11.3 Å². The van der Waals surface area contributed by atoms with Crippen LogP contribution in [0.2, 0.25) is 0 Å². The molecule has 1 saturated heterocycles. The third kappa shape index (κ3) is 1.96. The summed E-state index contributed by atoms with van der Waals surface area (Å²) in [6.45, 7) is 3.13. The lowest BCUT2D eigenvalue weighted by molar-refractivity contribution is -0.121. The molecule has 1 aliphatic rings. The van der Waals surface area contributed by atoms with Crippen molar-refractivity contribution in [2.24, 2.45) is 11.7 Å². The molecule has 4 nitrogen and oxygen atoms in total. The molecule has 3 N–H and O–H groups in total. The second-order valence-corrected chi connectivity index (χ2v) is 3.26. The number of nitrogens with one attached hydrogen (secondary N) is 1. The molecule has 1 heterocycles. The van der Waals surface area contributed by atoms with Crippen LogP contribution in [0.15, 0.2) is 0 Å². The van der Waals surface area contributed by atoms with Crippen molar-refractivity contribution in [2.45, 2.75) is 19.8 Å². The van der Waals surface area contributed by atoms with Crippen LogP contribution in [0.5, 0.6) is 0 Å². The van der Waals surface area contributed by atoms with Crippen molar-refractivity contribution in [3.63, 3.8) is 0 Å². The van der Waals surface area contributed by atoms with Crippen LogP contribution >= 0.6 is 0 Å². The summed E-state index contributed by atoms with van der Waals surface area (Å²) in [5, 5.41) is 7.18. The third-order valence-electron chi connectivity index (χ3n) is 2.41. The number of nitrogens with zero attached hydrogens (tertiary/aromatic N) is 1. The molecule has 0 aromatic heterocycles. The number of nitrogens with two attached hydrogens (primary N) is 1. The minimum absolute atomic E-state index is 0.122. The zero-order valence-electron chi connectivity index (χ0n) is 7.34. The molecule has 12 heavy (non-hydrogen) atoms. The van der Waals surface area contributed by atoms with Crippen molar-refractivity contribution in [1.29, 1.82) is 5.41 Å². The zero-order chi connectivity index (χ0) is 9.14. The van der Waals surface area contributed by atoms with Crippen molar-refractivity contribution in [1.82, 2.24) is 4.90 Å². The molecule has 0 radical (unpaired) electrons. The Bertz CT molecular complexity index is 172. The Morgan fingerprint density at radius 1 is 1.50 bits per heavy atom. The molecule has 4 heteroatoms. The molecule has 0 aromatic rings. The lowest BCUT2D eigenvalue weighted by Gasteiger charge is -2.30. The number of Topliss-reactive ketones (excluding diaryl/α,β-unsaturated/α-hetero) is 1. The summed E-state index contributed by atoms with van der Waals surface area (Å²) < 4.78 is 0. The van der Waals surface area contributed by atoms with Gasteiger partial charge in [0.25, 0.3) is 0 Å². The predicted molar refractivity (Wildman–Crippen MR) is 46.9 cm³/mol. The molecule has 1 aliphatic heterocycles. The maximum absolute atomic E-state index is 11.0. The number of hydrogen-bond acceptors (Lipinski definition) is 2. The van der Waals surface area contributed by atoms with E-state index in [4.69, 9.17) is 11.1 Å². The maximum Gasteiger partial charge on any atom is 0.188 e. The zero-order valence-corrected chi connectivity index (χ0v) is 7.34. The summed E-state index contributed by atoms with van der Waals surface area (Å²) >= 11 is 0. The Morgan fingerprint density at radius 3 is 2.33 bits per heavy atom. The number of likely N-dealkylation sites (tertiary alicyclic amines) is 1. The molecule has 68 valence electrons. The van der Waals surface area contributed by atoms with Gasteiger partial charge in [0, 0.05) is 19.0 Å². The molecule has 0 amide bonds. The van der Waals surface area contributed by atoms with E-state index in [-0.39, 0.29) is 17.7 Å². The molecule has 0 saturated carbocycles. The Labute approximate surface area is 72.2 Å². The number of guanidine groups is 1. The fraction of sp³-hybridized carbons (Fsp3) is 0.750. The van der Waals surface area contributed by atoms with Gasteiger partial charge in [-0.15, -0.1) is 0 Å². The topological polar surface area (TPSA) is 70.2 Å². The van der Waals surface area contributed by atoms with E-state index in [1.165, 1.54) is 0 Å². The summed E-state index contributed by atoms with van der Waals surface area (Å²) in [7, 11) is 0. The average Bonchev–Trinajstić information content (AvgIpc) is 2.04. The summed E-state index contributed by atoms with van der Waals surface area (Å²) in [6.07, 6.45) is 1.68. The molecule has 0 aliphatic carbocycles. The fourth-order valence-corrected chi connectivity index (χ4v) is 1.53. The number of ketones is 1. The van der Waals surface area contributed by atoms with Crippen molar-refractivity contribution < 1.29 is 4.79 Å². The van der Waals surface area contributed by atoms with Gasteiger partial charge in [0.2, 0.25) is 0 Å². The Kier molecular flexibility index (Phi) is 2.68. The lowest BCUT2D eigenvalue weighted by atomic mass is 9.94. The van der Waals surface area contributed by atoms with Crippen LogP contribution in [0.1, 0.15) is 19.8 Å². The van der Waals surface area contributed by atoms with Crippen molar-refractivity contribution in [3.05, 3.63) is 0 Å². The monoisotopic (exact) mass is 169 g/mol. The number of piperidine rings is 1. The number of rotatable bonds is 1. The van der Waals surface area contributed by atoms with Gasteiger partial charge < -0.3 is 10.6 Å². The summed E-state index contributed by atoms with van der Waals surface area (Å²) in [5.41, 5.74) is 5.31. The first-order valence-corrected chi connectivity index (χ1v) is 4.20. The smallest absolute Gasteiger partial charge is 0.188 e. The van der Waals surface area contributed by atoms with Gasteiger partial charge in [0.05, 0.1) is 0 Å². The van der Waals surface area contributed by atoms with Crippen LogP contribution in [-0.4, -0.2) is 29.7 Å². The minimum Gasteiger partial charge on any atom is -0.370 e. The van der Waals surface area contributed by atoms with Crippen LogP contribution in [-0.2, 0) is 4.79 Å². The number of carbonyl (C=O) groups excluding carboxylic acids is 1. The van der Waals surface area contributed by atoms with Gasteiger partial charge in [0.15, 0.2) is 5.96 Å². The third-order valence-corrected chi connectivity index (χ3v) is 2.41. The normalized spacial score (nSPS) is 19.2. The molecule has 0 spiro atoms. The summed E-state index contributed by atoms with van der Waals surface area (Å²) in [5.74, 6) is 0.579. The molecule has 0 atom stereocenters. The van der Waals surface area contributed by atoms with Gasteiger partial charge in [0.1, 0.15) is 5.78 Å². The summed E-state index contributed by atoms with van der Waals surface area (Å²) in [6, 6.07) is 0. The highest BCUT2D eigenvalue weighted by atomic mass is 16.1. The predicted octanol–water partition coefficient (Wildman–Crippen LogP) is 0.181. The standard InChI is InChI=1S/C8H15N3O/c1-6(12)7-2-4-11(5-3-7)8(9)10/h7H,2-5H2,1H3,(H3,9,10). The summed E-state index contributed by atoms with van der Waals surface area (Å²) in [4.78, 5) is 12.8. The SMILES string of the molecule is CC(=O)C1CCN(C(=N)N)CC1. The first kappa shape index (κ1) is 9.03. The van der Waals surface area contributed by atoms with Gasteiger partial charge in [-0.1, -0.05) is 0 Å². The van der Waals surface area contributed by atoms with E-state index in [0.717, 1.165) is 25.9 Å². The lowest BCUT2D eigenvalue weighted by Crippen LogP contribution is -2.43. The second kappa shape index (κ2) is 3.56. The highest BCUT2D eigenvalue weighted by Gasteiger charge is 2.22. The van der Waals surface area contributed by atoms with E-state index in [2.05, 4.69) is 0 Å². The Balaban J connectivity index is 2.39. The van der Waals surface area contributed by atoms with Gasteiger partial charge in [-0.2, -0.15) is 0 Å². The van der Waals surface area contributed by atoms with E-state index < -0.39 is 0 Å². The van der Waals surface area contributed by atoms with E-state index in [1.807, 2.05) is 0 Å². The van der Waals surface area contributed by atoms with Gasteiger partial charge in [-0.3, -0.25) is 10.2 Å². The Morgan fingerprint density at radius 2 is 2.00 bits per heavy atom. The van der Waals surface area contributed by atoms with Gasteiger partial charge in [-0.25, -0.2) is 0 Å². The van der Waals surface area contributed by atoms with E-state index in [0.29, 0.717) is 0 Å². The minimum atomic E-state index is 0.122. The van der Waals surface area contributed by atoms with E-state index in [9.17, 15) is 4.79 Å². The highest BCUT2D eigenvalue weighted by Crippen LogP contribution is 2.17. The largest absolute Gasteiger partial charge is 0.370 e. The second-order valence-electron chi connectivity index (χ2n) is 3.26. The number of hydrogen-bond donors (Lipinski definition) is 2. The van der Waals surface area contributed by atoms with Crippen LogP contribution in [0.25, 0.3) is 0 Å². The van der Waals surface area contributed by atoms with Crippen LogP contribution in [0.3, 0.4) is 0 Å².